The average molecular weight is 676 g/mol. The van der Waals surface area contributed by atoms with Crippen LogP contribution < -0.4 is 15.2 Å². The highest BCUT2D eigenvalue weighted by atomic mass is 32.1. The minimum absolute atomic E-state index is 0.0430. The Kier molecular flexibility index (Phi) is 12.8. The molecule has 1 aromatic heterocycles. The van der Waals surface area contributed by atoms with E-state index >= 15 is 0 Å². The first-order chi connectivity index (χ1) is 22.8. The summed E-state index contributed by atoms with van der Waals surface area (Å²) < 4.78 is 31.0. The summed E-state index contributed by atoms with van der Waals surface area (Å²) in [6.45, 7) is 1.78. The molecule has 47 heavy (non-hydrogen) atoms. The fraction of sp³-hybridized carbons (Fsp3) is 0.361. The van der Waals surface area contributed by atoms with Gasteiger partial charge < -0.3 is 15.2 Å². The highest BCUT2D eigenvalue weighted by Gasteiger charge is 2.29. The topological polar surface area (TPSA) is 116 Å². The molecule has 1 saturated carbocycles. The molecule has 11 heteroatoms. The molecule has 5 rings (SSSR count). The molecular weight excluding hydrogens is 633 g/mol. The summed E-state index contributed by atoms with van der Waals surface area (Å²) in [5, 5.41) is 8.63. The Bertz CT molecular complexity index is 1560. The number of phosphoric acid groups is 1. The molecule has 9 nitrogen and oxygen atoms in total. The Hall–Kier alpha value is -3.82. The number of thiazole rings is 1. The van der Waals surface area contributed by atoms with Crippen molar-refractivity contribution in [1.82, 2.24) is 15.6 Å². The van der Waals surface area contributed by atoms with Crippen molar-refractivity contribution in [1.29, 1.82) is 0 Å². The van der Waals surface area contributed by atoms with E-state index in [-0.39, 0.29) is 37.2 Å². The maximum atomic E-state index is 13.7. The Morgan fingerprint density at radius 3 is 2.09 bits per heavy atom. The molecule has 1 aliphatic rings. The van der Waals surface area contributed by atoms with E-state index in [1.54, 1.807) is 35.6 Å². The molecule has 248 valence electrons. The minimum Gasteiger partial charge on any atom is -0.404 e. The van der Waals surface area contributed by atoms with Gasteiger partial charge in [-0.2, -0.15) is 0 Å². The van der Waals surface area contributed by atoms with Gasteiger partial charge in [0, 0.05) is 18.7 Å². The summed E-state index contributed by atoms with van der Waals surface area (Å²) in [4.78, 5) is 29.9. The van der Waals surface area contributed by atoms with Crippen molar-refractivity contribution in [3.8, 4) is 5.75 Å². The van der Waals surface area contributed by atoms with E-state index in [2.05, 4.69) is 16.0 Å². The van der Waals surface area contributed by atoms with Crippen LogP contribution in [0.2, 0.25) is 0 Å². The molecule has 1 aliphatic carbocycles. The monoisotopic (exact) mass is 675 g/mol. The molecular formula is C36H42N3O6PS. The van der Waals surface area contributed by atoms with Gasteiger partial charge in [-0.3, -0.25) is 18.6 Å². The zero-order chi connectivity index (χ0) is 32.9. The molecule has 0 radical (unpaired) electrons. The lowest BCUT2D eigenvalue weighted by molar-refractivity contribution is -0.128. The summed E-state index contributed by atoms with van der Waals surface area (Å²) in [6, 6.07) is 24.8. The number of aromatic nitrogens is 1. The number of hydrogen-bond donors (Lipinski definition) is 2. The largest absolute Gasteiger partial charge is 0.530 e. The van der Waals surface area contributed by atoms with Gasteiger partial charge >= 0.3 is 7.82 Å². The zero-order valence-corrected chi connectivity index (χ0v) is 28.3. The maximum absolute atomic E-state index is 13.7. The molecule has 1 heterocycles. The standard InChI is InChI=1S/C36H42N3O6PS/c1-27(40)38-34(36(41)37-23-35-39-32(26-47-35)21-28-11-5-2-6-12-28)22-29-17-19-33(20-18-29)45-46(42,43-24-30-13-7-3-8-14-30)44-25-31-15-9-4-10-16-31/h3-4,7-10,13-20,26,28,34H,2,5-6,11-12,21-25H2,1H3,(H,37,41)(H,38,40)/t34-/m0/s1. The lowest BCUT2D eigenvalue weighted by atomic mass is 9.86. The second-order valence-corrected chi connectivity index (χ2v) is 14.4. The third-order valence-corrected chi connectivity index (χ3v) is 10.2. The molecule has 4 aromatic rings. The van der Waals surface area contributed by atoms with E-state index in [0.29, 0.717) is 12.5 Å². The third kappa shape index (κ3) is 11.4. The number of carbonyl (C=O) groups excluding carboxylic acids is 2. The van der Waals surface area contributed by atoms with E-state index in [1.165, 1.54) is 39.0 Å². The number of nitrogens with one attached hydrogen (secondary N) is 2. The smallest absolute Gasteiger partial charge is 0.404 e. The maximum Gasteiger partial charge on any atom is 0.530 e. The van der Waals surface area contributed by atoms with Gasteiger partial charge in [0.05, 0.1) is 25.5 Å². The lowest BCUT2D eigenvalue weighted by Gasteiger charge is -2.20. The molecule has 0 spiro atoms. The van der Waals surface area contributed by atoms with Crippen LogP contribution in [0, 0.1) is 5.92 Å². The highest BCUT2D eigenvalue weighted by Crippen LogP contribution is 2.51. The fourth-order valence-corrected chi connectivity index (χ4v) is 7.47. The van der Waals surface area contributed by atoms with Crippen molar-refractivity contribution in [2.45, 2.75) is 77.7 Å². The highest BCUT2D eigenvalue weighted by molar-refractivity contribution is 7.48. The van der Waals surface area contributed by atoms with Gasteiger partial charge in [0.2, 0.25) is 11.8 Å². The van der Waals surface area contributed by atoms with Crippen molar-refractivity contribution in [3.63, 3.8) is 0 Å². The van der Waals surface area contributed by atoms with Crippen LogP contribution in [0.5, 0.6) is 5.75 Å². The molecule has 2 amide bonds. The second kappa shape index (κ2) is 17.4. The van der Waals surface area contributed by atoms with Gasteiger partial charge in [0.25, 0.3) is 0 Å². The molecule has 0 saturated heterocycles. The normalized spacial score (nSPS) is 14.3. The van der Waals surface area contributed by atoms with Crippen molar-refractivity contribution < 1.29 is 27.7 Å². The van der Waals surface area contributed by atoms with Crippen molar-refractivity contribution >= 4 is 31.0 Å². The summed E-state index contributed by atoms with van der Waals surface area (Å²) in [6.07, 6.45) is 7.69. The van der Waals surface area contributed by atoms with Crippen molar-refractivity contribution in [2.24, 2.45) is 5.92 Å². The van der Waals surface area contributed by atoms with Crippen LogP contribution in [0.25, 0.3) is 0 Å². The van der Waals surface area contributed by atoms with Gasteiger partial charge in [-0.05, 0) is 41.2 Å². The van der Waals surface area contributed by atoms with Gasteiger partial charge in [-0.15, -0.1) is 11.3 Å². The van der Waals surface area contributed by atoms with E-state index in [0.717, 1.165) is 33.8 Å². The van der Waals surface area contributed by atoms with Crippen LogP contribution in [-0.4, -0.2) is 22.8 Å². The van der Waals surface area contributed by atoms with Crippen molar-refractivity contribution in [3.05, 3.63) is 118 Å². The molecule has 0 bridgehead atoms. The number of nitrogens with zero attached hydrogens (tertiary/aromatic N) is 1. The number of phosphoric ester groups is 1. The van der Waals surface area contributed by atoms with E-state index in [1.807, 2.05) is 60.7 Å². The molecule has 0 unspecified atom stereocenters. The second-order valence-electron chi connectivity index (χ2n) is 11.8. The van der Waals surface area contributed by atoms with Crippen LogP contribution in [-0.2, 0) is 55.8 Å². The number of rotatable bonds is 16. The summed E-state index contributed by atoms with van der Waals surface area (Å²) in [5.74, 6) is 0.384. The predicted molar refractivity (Wildman–Crippen MR) is 183 cm³/mol. The Morgan fingerprint density at radius 1 is 0.872 bits per heavy atom. The van der Waals surface area contributed by atoms with Gasteiger partial charge in [0.15, 0.2) is 0 Å². The SMILES string of the molecule is CC(=O)N[C@@H](Cc1ccc(OP(=O)(OCc2ccccc2)OCc2ccccc2)cc1)C(=O)NCc1nc(CC2CCCCC2)cs1. The van der Waals surface area contributed by atoms with E-state index in [4.69, 9.17) is 18.6 Å². The average Bonchev–Trinajstić information content (AvgIpc) is 3.54. The Morgan fingerprint density at radius 2 is 1.49 bits per heavy atom. The zero-order valence-electron chi connectivity index (χ0n) is 26.6. The Labute approximate surface area is 280 Å². The molecule has 1 fully saturated rings. The number of hydrogen-bond acceptors (Lipinski definition) is 8. The first-order valence-corrected chi connectivity index (χ1v) is 18.4. The van der Waals surface area contributed by atoms with Gasteiger partial charge in [0.1, 0.15) is 16.8 Å². The van der Waals surface area contributed by atoms with Crippen LogP contribution in [0.15, 0.2) is 90.3 Å². The fourth-order valence-electron chi connectivity index (χ4n) is 5.55. The molecule has 3 aromatic carbocycles. The molecule has 2 N–H and O–H groups in total. The third-order valence-electron chi connectivity index (χ3n) is 7.97. The van der Waals surface area contributed by atoms with Crippen molar-refractivity contribution in [2.75, 3.05) is 0 Å². The van der Waals surface area contributed by atoms with E-state index < -0.39 is 13.9 Å². The first kappa shape index (κ1) is 34.5. The van der Waals surface area contributed by atoms with Crippen LogP contribution in [0.4, 0.5) is 0 Å². The van der Waals surface area contributed by atoms with E-state index in [9.17, 15) is 14.2 Å². The molecule has 0 aliphatic heterocycles. The number of carbonyl (C=O) groups is 2. The van der Waals surface area contributed by atoms with Gasteiger partial charge in [-0.1, -0.05) is 105 Å². The van der Waals surface area contributed by atoms with Gasteiger partial charge in [-0.25, -0.2) is 9.55 Å². The Balaban J connectivity index is 1.18. The number of benzene rings is 3. The minimum atomic E-state index is -4.02. The number of amides is 2. The summed E-state index contributed by atoms with van der Waals surface area (Å²) in [7, 11) is -4.02. The van der Waals surface area contributed by atoms with Crippen LogP contribution in [0.1, 0.15) is 66.4 Å². The molecule has 1 atom stereocenters. The summed E-state index contributed by atoms with van der Waals surface area (Å²) >= 11 is 1.55. The quantitative estimate of drug-likeness (QED) is 0.118. The summed E-state index contributed by atoms with van der Waals surface area (Å²) in [5.41, 5.74) is 3.52. The van der Waals surface area contributed by atoms with Crippen LogP contribution in [0.3, 0.4) is 0 Å². The lowest BCUT2D eigenvalue weighted by Crippen LogP contribution is -2.47. The predicted octanol–water partition coefficient (Wildman–Crippen LogP) is 7.55. The first-order valence-electron chi connectivity index (χ1n) is 16.1. The van der Waals surface area contributed by atoms with Crippen LogP contribution >= 0.6 is 19.2 Å².